The van der Waals surface area contributed by atoms with Gasteiger partial charge in [-0.1, -0.05) is 24.3 Å². The molecular formula is C16H23BO3. The van der Waals surface area contributed by atoms with Crippen LogP contribution in [0.5, 0.6) is 5.75 Å². The van der Waals surface area contributed by atoms with Crippen LogP contribution in [0.3, 0.4) is 0 Å². The van der Waals surface area contributed by atoms with E-state index < -0.39 is 0 Å². The summed E-state index contributed by atoms with van der Waals surface area (Å²) in [6.07, 6.45) is 3.95. The molecule has 0 atom stereocenters. The van der Waals surface area contributed by atoms with Gasteiger partial charge in [-0.25, -0.2) is 0 Å². The lowest BCUT2D eigenvalue weighted by Gasteiger charge is -2.32. The van der Waals surface area contributed by atoms with Gasteiger partial charge in [0.25, 0.3) is 0 Å². The Balaban J connectivity index is 2.04. The molecule has 1 aromatic carbocycles. The number of benzene rings is 1. The molecule has 1 saturated heterocycles. The van der Waals surface area contributed by atoms with Gasteiger partial charge in [0.2, 0.25) is 0 Å². The first-order valence-corrected chi connectivity index (χ1v) is 7.05. The molecule has 2 rings (SSSR count). The lowest BCUT2D eigenvalue weighted by Crippen LogP contribution is -2.41. The van der Waals surface area contributed by atoms with Crippen LogP contribution in [0.15, 0.2) is 36.4 Å². The summed E-state index contributed by atoms with van der Waals surface area (Å²) in [6, 6.07) is 7.88. The summed E-state index contributed by atoms with van der Waals surface area (Å²) in [5.74, 6) is 0.850. The van der Waals surface area contributed by atoms with Crippen molar-refractivity contribution in [2.24, 2.45) is 0 Å². The quantitative estimate of drug-likeness (QED) is 0.624. The zero-order valence-corrected chi connectivity index (χ0v) is 13.0. The largest absolute Gasteiger partial charge is 0.494 e. The van der Waals surface area contributed by atoms with Gasteiger partial charge in [0.15, 0.2) is 0 Å². The van der Waals surface area contributed by atoms with Crippen LogP contribution in [0.1, 0.15) is 34.6 Å². The molecule has 0 bridgehead atoms. The Morgan fingerprint density at radius 2 is 1.60 bits per heavy atom. The third kappa shape index (κ3) is 3.07. The third-order valence-electron chi connectivity index (χ3n) is 3.99. The lowest BCUT2D eigenvalue weighted by atomic mass is 9.79. The molecule has 3 nitrogen and oxygen atoms in total. The van der Waals surface area contributed by atoms with Crippen LogP contribution < -0.4 is 10.2 Å². The van der Waals surface area contributed by atoms with Crippen molar-refractivity contribution >= 4 is 12.6 Å². The molecule has 20 heavy (non-hydrogen) atoms. The number of ether oxygens (including phenoxy) is 1. The minimum atomic E-state index is -0.315. The molecule has 108 valence electrons. The van der Waals surface area contributed by atoms with E-state index in [9.17, 15) is 0 Å². The van der Waals surface area contributed by atoms with E-state index in [4.69, 9.17) is 14.0 Å². The van der Waals surface area contributed by atoms with E-state index in [-0.39, 0.29) is 18.3 Å². The Morgan fingerprint density at radius 1 is 1.05 bits per heavy atom. The van der Waals surface area contributed by atoms with E-state index >= 15 is 0 Å². The van der Waals surface area contributed by atoms with Gasteiger partial charge in [-0.3, -0.25) is 0 Å². The maximum absolute atomic E-state index is 6.01. The topological polar surface area (TPSA) is 27.7 Å². The number of hydrogen-bond acceptors (Lipinski definition) is 3. The van der Waals surface area contributed by atoms with Crippen LogP contribution in [0.2, 0.25) is 0 Å². The second-order valence-electron chi connectivity index (χ2n) is 6.04. The van der Waals surface area contributed by atoms with Gasteiger partial charge in [-0.15, -0.1) is 0 Å². The Kier molecular flexibility index (Phi) is 4.26. The predicted octanol–water partition coefficient (Wildman–Crippen LogP) is 2.94. The van der Waals surface area contributed by atoms with E-state index in [2.05, 4.69) is 27.7 Å². The highest BCUT2D eigenvalue weighted by atomic mass is 16.7. The molecule has 0 unspecified atom stereocenters. The van der Waals surface area contributed by atoms with E-state index in [1.165, 1.54) is 0 Å². The van der Waals surface area contributed by atoms with Gasteiger partial charge < -0.3 is 14.0 Å². The molecule has 0 amide bonds. The SMILES string of the molecule is CC=CCOc1ccc(B2OC(C)(C)C(C)(C)O2)cc1. The van der Waals surface area contributed by atoms with Crippen LogP contribution in [0.4, 0.5) is 0 Å². The number of allylic oxidation sites excluding steroid dienone is 1. The molecule has 0 radical (unpaired) electrons. The Bertz CT molecular complexity index is 461. The predicted molar refractivity (Wildman–Crippen MR) is 82.5 cm³/mol. The van der Waals surface area contributed by atoms with Crippen LogP contribution in [-0.4, -0.2) is 24.9 Å². The van der Waals surface area contributed by atoms with E-state index in [1.807, 2.05) is 43.3 Å². The fourth-order valence-corrected chi connectivity index (χ4v) is 1.94. The summed E-state index contributed by atoms with van der Waals surface area (Å²) in [5.41, 5.74) is 0.402. The van der Waals surface area contributed by atoms with Crippen LogP contribution in [0, 0.1) is 0 Å². The molecule has 4 heteroatoms. The van der Waals surface area contributed by atoms with E-state index in [0.717, 1.165) is 11.2 Å². The summed E-state index contributed by atoms with van der Waals surface area (Å²) in [6.45, 7) is 10.8. The highest BCUT2D eigenvalue weighted by molar-refractivity contribution is 6.62. The minimum Gasteiger partial charge on any atom is -0.490 e. The fraction of sp³-hybridized carbons (Fsp3) is 0.500. The molecule has 1 aromatic rings. The van der Waals surface area contributed by atoms with E-state index in [1.54, 1.807) is 0 Å². The average molecular weight is 274 g/mol. The monoisotopic (exact) mass is 274 g/mol. The van der Waals surface area contributed by atoms with Crippen LogP contribution in [-0.2, 0) is 9.31 Å². The molecule has 1 heterocycles. The van der Waals surface area contributed by atoms with Gasteiger partial charge >= 0.3 is 7.12 Å². The average Bonchev–Trinajstić information content (AvgIpc) is 2.60. The van der Waals surface area contributed by atoms with Crippen molar-refractivity contribution in [3.63, 3.8) is 0 Å². The van der Waals surface area contributed by atoms with Crippen molar-refractivity contribution in [2.75, 3.05) is 6.61 Å². The summed E-state index contributed by atoms with van der Waals surface area (Å²) < 4.78 is 17.6. The fourth-order valence-electron chi connectivity index (χ4n) is 1.94. The van der Waals surface area contributed by atoms with Gasteiger partial charge in [-0.05, 0) is 52.2 Å². The molecule has 0 aliphatic carbocycles. The smallest absolute Gasteiger partial charge is 0.490 e. The number of rotatable bonds is 4. The highest BCUT2D eigenvalue weighted by Gasteiger charge is 2.51. The molecular weight excluding hydrogens is 251 g/mol. The van der Waals surface area contributed by atoms with Crippen molar-refractivity contribution in [1.82, 2.24) is 0 Å². The second kappa shape index (κ2) is 5.62. The van der Waals surface area contributed by atoms with Crippen molar-refractivity contribution in [1.29, 1.82) is 0 Å². The van der Waals surface area contributed by atoms with Gasteiger partial charge in [0.1, 0.15) is 12.4 Å². The standard InChI is InChI=1S/C16H23BO3/c1-6-7-12-18-14-10-8-13(9-11-14)17-19-15(2,3)16(4,5)20-17/h6-11H,12H2,1-5H3. The maximum atomic E-state index is 6.01. The summed E-state index contributed by atoms with van der Waals surface area (Å²) in [4.78, 5) is 0. The molecule has 0 aromatic heterocycles. The van der Waals surface area contributed by atoms with Crippen LogP contribution in [0.25, 0.3) is 0 Å². The highest BCUT2D eigenvalue weighted by Crippen LogP contribution is 2.36. The summed E-state index contributed by atoms with van der Waals surface area (Å²) >= 11 is 0. The lowest BCUT2D eigenvalue weighted by molar-refractivity contribution is 0.00578. The van der Waals surface area contributed by atoms with Crippen molar-refractivity contribution in [2.45, 2.75) is 45.8 Å². The third-order valence-corrected chi connectivity index (χ3v) is 3.99. The van der Waals surface area contributed by atoms with Gasteiger partial charge in [-0.2, -0.15) is 0 Å². The molecule has 1 aliphatic rings. The van der Waals surface area contributed by atoms with Crippen molar-refractivity contribution in [3.05, 3.63) is 36.4 Å². The zero-order valence-electron chi connectivity index (χ0n) is 13.0. The Morgan fingerprint density at radius 3 is 2.10 bits per heavy atom. The van der Waals surface area contributed by atoms with Crippen molar-refractivity contribution < 1.29 is 14.0 Å². The zero-order chi connectivity index (χ0) is 14.8. The van der Waals surface area contributed by atoms with Crippen LogP contribution >= 0.6 is 0 Å². The second-order valence-corrected chi connectivity index (χ2v) is 6.04. The first-order chi connectivity index (χ1) is 9.36. The molecule has 1 aliphatic heterocycles. The molecule has 0 spiro atoms. The maximum Gasteiger partial charge on any atom is 0.494 e. The Hall–Kier alpha value is -1.26. The molecule has 0 saturated carbocycles. The van der Waals surface area contributed by atoms with Gasteiger partial charge in [0.05, 0.1) is 11.2 Å². The summed E-state index contributed by atoms with van der Waals surface area (Å²) in [5, 5.41) is 0. The molecule has 1 fully saturated rings. The first kappa shape index (κ1) is 15.1. The summed E-state index contributed by atoms with van der Waals surface area (Å²) in [7, 11) is -0.315. The first-order valence-electron chi connectivity index (χ1n) is 7.05. The minimum absolute atomic E-state index is 0.307. The van der Waals surface area contributed by atoms with Gasteiger partial charge in [0, 0.05) is 0 Å². The van der Waals surface area contributed by atoms with Crippen molar-refractivity contribution in [3.8, 4) is 5.75 Å². The van der Waals surface area contributed by atoms with E-state index in [0.29, 0.717) is 6.61 Å². The Labute approximate surface area is 122 Å². The number of hydrogen-bond donors (Lipinski definition) is 0. The normalized spacial score (nSPS) is 20.6. The molecule has 0 N–H and O–H groups in total.